The quantitative estimate of drug-likeness (QED) is 0.220. The Bertz CT molecular complexity index is 2530. The Kier molecular flexibility index (Phi) is 5.13. The number of nitrogens with zero attached hydrogens (tertiary/aromatic N) is 5. The largest absolute Gasteiger partial charge is 0.284 e. The molecule has 5 nitrogen and oxygen atoms in total. The first-order valence-electron chi connectivity index (χ1n) is 14.3. The maximum atomic E-state index is 5.20. The topological polar surface area (TPSA) is 56.0 Å². The first kappa shape index (κ1) is 23.7. The van der Waals surface area contributed by atoms with Crippen molar-refractivity contribution in [3.63, 3.8) is 0 Å². The van der Waals surface area contributed by atoms with Crippen molar-refractivity contribution in [2.75, 3.05) is 0 Å². The minimum absolute atomic E-state index is 0.684. The average Bonchev–Trinajstić information content (AvgIpc) is 3.46. The van der Waals surface area contributed by atoms with Gasteiger partial charge in [0.2, 0.25) is 0 Å². The summed E-state index contributed by atoms with van der Waals surface area (Å²) >= 11 is 0. The lowest BCUT2D eigenvalue weighted by atomic mass is 10.00. The van der Waals surface area contributed by atoms with Crippen molar-refractivity contribution in [2.45, 2.75) is 0 Å². The minimum atomic E-state index is 0.684. The van der Waals surface area contributed by atoms with Gasteiger partial charge >= 0.3 is 0 Å². The summed E-state index contributed by atoms with van der Waals surface area (Å²) in [5.41, 5.74) is 8.39. The molecule has 0 fully saturated rings. The van der Waals surface area contributed by atoms with Crippen molar-refractivity contribution < 1.29 is 0 Å². The molecule has 9 rings (SSSR count). The lowest BCUT2D eigenvalue weighted by molar-refractivity contribution is 1.19. The van der Waals surface area contributed by atoms with E-state index in [1.54, 1.807) is 0 Å². The van der Waals surface area contributed by atoms with Crippen molar-refractivity contribution in [3.05, 3.63) is 140 Å². The van der Waals surface area contributed by atoms with Gasteiger partial charge in [0.05, 0.1) is 16.9 Å². The highest BCUT2D eigenvalue weighted by Crippen LogP contribution is 2.35. The van der Waals surface area contributed by atoms with Gasteiger partial charge in [-0.15, -0.1) is 0 Å². The Morgan fingerprint density at radius 1 is 0.442 bits per heavy atom. The van der Waals surface area contributed by atoms with Gasteiger partial charge in [0, 0.05) is 39.0 Å². The molecule has 5 aromatic carbocycles. The van der Waals surface area contributed by atoms with Crippen LogP contribution in [0.1, 0.15) is 0 Å². The SMILES string of the molecule is c1cc(-c2nc(-c3ccc4ccccc4c3)c3ccccc3n2)cc(-c2nc3c(nc4ccccn43)c3ccccc23)c1. The Hall–Kier alpha value is -5.94. The lowest BCUT2D eigenvalue weighted by Crippen LogP contribution is -1.96. The number of benzene rings is 5. The Balaban J connectivity index is 1.25. The second-order valence-electron chi connectivity index (χ2n) is 10.8. The lowest BCUT2D eigenvalue weighted by Gasteiger charge is -2.12. The molecule has 0 aliphatic heterocycles. The highest BCUT2D eigenvalue weighted by Gasteiger charge is 2.17. The summed E-state index contributed by atoms with van der Waals surface area (Å²) in [6, 6.07) is 46.0. The van der Waals surface area contributed by atoms with Crippen LogP contribution in [-0.4, -0.2) is 24.3 Å². The van der Waals surface area contributed by atoms with Crippen molar-refractivity contribution in [3.8, 4) is 33.9 Å². The first-order valence-corrected chi connectivity index (χ1v) is 14.3. The van der Waals surface area contributed by atoms with Crippen LogP contribution in [0.15, 0.2) is 140 Å². The number of hydrogen-bond donors (Lipinski definition) is 0. The van der Waals surface area contributed by atoms with Gasteiger partial charge in [0.1, 0.15) is 11.2 Å². The van der Waals surface area contributed by atoms with E-state index in [4.69, 9.17) is 19.9 Å². The van der Waals surface area contributed by atoms with Crippen molar-refractivity contribution >= 4 is 49.3 Å². The molecular formula is C38H23N5. The number of aromatic nitrogens is 5. The summed E-state index contributed by atoms with van der Waals surface area (Å²) in [7, 11) is 0. The van der Waals surface area contributed by atoms with Gasteiger partial charge in [0.25, 0.3) is 0 Å². The molecule has 0 unspecified atom stereocenters. The molecule has 4 aromatic heterocycles. The summed E-state index contributed by atoms with van der Waals surface area (Å²) in [5, 5.41) is 5.57. The van der Waals surface area contributed by atoms with E-state index in [-0.39, 0.29) is 0 Å². The second kappa shape index (κ2) is 9.29. The second-order valence-corrected chi connectivity index (χ2v) is 10.8. The Morgan fingerprint density at radius 3 is 2.09 bits per heavy atom. The number of rotatable bonds is 3. The number of hydrogen-bond acceptors (Lipinski definition) is 4. The van der Waals surface area contributed by atoms with Gasteiger partial charge < -0.3 is 0 Å². The molecule has 4 heterocycles. The summed E-state index contributed by atoms with van der Waals surface area (Å²) in [6.45, 7) is 0. The van der Waals surface area contributed by atoms with Crippen LogP contribution in [0, 0.1) is 0 Å². The predicted molar refractivity (Wildman–Crippen MR) is 175 cm³/mol. The first-order chi connectivity index (χ1) is 21.3. The summed E-state index contributed by atoms with van der Waals surface area (Å²) in [4.78, 5) is 20.3. The smallest absolute Gasteiger partial charge is 0.165 e. The van der Waals surface area contributed by atoms with E-state index in [0.29, 0.717) is 5.82 Å². The molecule has 200 valence electrons. The zero-order chi connectivity index (χ0) is 28.3. The van der Waals surface area contributed by atoms with E-state index in [1.165, 1.54) is 10.8 Å². The van der Waals surface area contributed by atoms with E-state index in [9.17, 15) is 0 Å². The molecule has 0 radical (unpaired) electrons. The molecule has 0 saturated carbocycles. The molecule has 0 bridgehead atoms. The maximum absolute atomic E-state index is 5.20. The van der Waals surface area contributed by atoms with Crippen LogP contribution in [0.2, 0.25) is 0 Å². The van der Waals surface area contributed by atoms with Crippen LogP contribution in [0.25, 0.3) is 83.2 Å². The molecule has 0 aliphatic rings. The fourth-order valence-electron chi connectivity index (χ4n) is 6.12. The third kappa shape index (κ3) is 3.79. The van der Waals surface area contributed by atoms with Gasteiger partial charge in [-0.05, 0) is 41.1 Å². The number of pyridine rings is 2. The van der Waals surface area contributed by atoms with E-state index in [1.807, 2.05) is 36.5 Å². The normalized spacial score (nSPS) is 11.7. The molecule has 0 aliphatic carbocycles. The monoisotopic (exact) mass is 549 g/mol. The van der Waals surface area contributed by atoms with Gasteiger partial charge in [-0.25, -0.2) is 19.9 Å². The summed E-state index contributed by atoms with van der Waals surface area (Å²) in [5.74, 6) is 0.684. The molecule has 0 amide bonds. The van der Waals surface area contributed by atoms with Crippen LogP contribution in [-0.2, 0) is 0 Å². The third-order valence-electron chi connectivity index (χ3n) is 8.18. The minimum Gasteiger partial charge on any atom is -0.284 e. The van der Waals surface area contributed by atoms with E-state index >= 15 is 0 Å². The number of fused-ring (bicyclic) bond motifs is 7. The fourth-order valence-corrected chi connectivity index (χ4v) is 6.12. The molecule has 9 aromatic rings. The van der Waals surface area contributed by atoms with Gasteiger partial charge in [0.15, 0.2) is 11.5 Å². The third-order valence-corrected chi connectivity index (χ3v) is 8.18. The molecular weight excluding hydrogens is 526 g/mol. The highest BCUT2D eigenvalue weighted by atomic mass is 15.1. The zero-order valence-corrected chi connectivity index (χ0v) is 23.0. The van der Waals surface area contributed by atoms with Crippen LogP contribution >= 0.6 is 0 Å². The zero-order valence-electron chi connectivity index (χ0n) is 23.0. The molecule has 0 N–H and O–H groups in total. The predicted octanol–water partition coefficient (Wildman–Crippen LogP) is 9.13. The van der Waals surface area contributed by atoms with Crippen LogP contribution in [0.5, 0.6) is 0 Å². The van der Waals surface area contributed by atoms with Crippen molar-refractivity contribution in [1.29, 1.82) is 0 Å². The van der Waals surface area contributed by atoms with Gasteiger partial charge in [-0.2, -0.15) is 0 Å². The fraction of sp³-hybridized carbons (Fsp3) is 0. The molecule has 0 spiro atoms. The van der Waals surface area contributed by atoms with E-state index in [2.05, 4.69) is 108 Å². The maximum Gasteiger partial charge on any atom is 0.165 e. The molecule has 0 saturated heterocycles. The van der Waals surface area contributed by atoms with Gasteiger partial charge in [-0.1, -0.05) is 103 Å². The number of imidazole rings is 1. The summed E-state index contributed by atoms with van der Waals surface area (Å²) in [6.07, 6.45) is 2.02. The summed E-state index contributed by atoms with van der Waals surface area (Å²) < 4.78 is 2.05. The van der Waals surface area contributed by atoms with Crippen molar-refractivity contribution in [2.24, 2.45) is 0 Å². The van der Waals surface area contributed by atoms with E-state index < -0.39 is 0 Å². The molecule has 43 heavy (non-hydrogen) atoms. The van der Waals surface area contributed by atoms with Crippen molar-refractivity contribution in [1.82, 2.24) is 24.3 Å². The van der Waals surface area contributed by atoms with Crippen LogP contribution < -0.4 is 0 Å². The van der Waals surface area contributed by atoms with Crippen LogP contribution in [0.3, 0.4) is 0 Å². The molecule has 5 heteroatoms. The Labute approximate surface area is 246 Å². The number of para-hydroxylation sites is 1. The standard InChI is InChI=1S/C38H23N5/c1-2-11-25-22-27(20-19-24(25)10-1)35-31-16-5-6-17-32(31)39-37(41-35)28-13-9-12-26(23-28)34-29-14-3-4-15-30(29)36-38(42-34)43-21-8-7-18-33(43)40-36/h1-23H. The van der Waals surface area contributed by atoms with Gasteiger partial charge in [-0.3, -0.25) is 4.40 Å². The van der Waals surface area contributed by atoms with E-state index in [0.717, 1.165) is 66.6 Å². The average molecular weight is 550 g/mol. The van der Waals surface area contributed by atoms with Crippen LogP contribution in [0.4, 0.5) is 0 Å². The molecule has 0 atom stereocenters. The Morgan fingerprint density at radius 2 is 1.16 bits per heavy atom. The highest BCUT2D eigenvalue weighted by molar-refractivity contribution is 6.09.